The van der Waals surface area contributed by atoms with Crippen LogP contribution in [0.1, 0.15) is 21.7 Å². The molecule has 0 spiro atoms. The van der Waals surface area contributed by atoms with Crippen molar-refractivity contribution in [2.75, 3.05) is 7.05 Å². The third kappa shape index (κ3) is 3.68. The maximum Gasteiger partial charge on any atom is 0.433 e. The predicted octanol–water partition coefficient (Wildman–Crippen LogP) is 3.48. The first-order chi connectivity index (χ1) is 10.7. The zero-order chi connectivity index (χ0) is 17.2. The lowest BCUT2D eigenvalue weighted by atomic mass is 10.1. The van der Waals surface area contributed by atoms with E-state index in [1.54, 1.807) is 0 Å². The maximum atomic E-state index is 12.9. The van der Waals surface area contributed by atoms with Gasteiger partial charge in [0.15, 0.2) is 5.76 Å². The Labute approximate surface area is 128 Å². The van der Waals surface area contributed by atoms with Crippen LogP contribution in [0.3, 0.4) is 0 Å². The van der Waals surface area contributed by atoms with Gasteiger partial charge in [-0.1, -0.05) is 18.2 Å². The van der Waals surface area contributed by atoms with Crippen molar-refractivity contribution < 1.29 is 27.3 Å². The molecular formula is C14H11F3N2O4. The van der Waals surface area contributed by atoms with Crippen molar-refractivity contribution in [1.82, 2.24) is 4.90 Å². The van der Waals surface area contributed by atoms with Gasteiger partial charge in [-0.2, -0.15) is 13.2 Å². The first-order valence-electron chi connectivity index (χ1n) is 6.35. The monoisotopic (exact) mass is 328 g/mol. The molecule has 0 radical (unpaired) electrons. The summed E-state index contributed by atoms with van der Waals surface area (Å²) in [5.41, 5.74) is -0.929. The van der Waals surface area contributed by atoms with Gasteiger partial charge in [0.2, 0.25) is 0 Å². The van der Waals surface area contributed by atoms with Gasteiger partial charge in [-0.15, -0.1) is 0 Å². The van der Waals surface area contributed by atoms with Crippen molar-refractivity contribution >= 4 is 11.8 Å². The van der Waals surface area contributed by atoms with Gasteiger partial charge >= 0.3 is 12.1 Å². The van der Waals surface area contributed by atoms with Gasteiger partial charge in [-0.05, 0) is 17.7 Å². The van der Waals surface area contributed by atoms with Crippen LogP contribution in [-0.4, -0.2) is 22.8 Å². The highest BCUT2D eigenvalue weighted by molar-refractivity contribution is 5.91. The van der Waals surface area contributed by atoms with Crippen molar-refractivity contribution in [3.8, 4) is 0 Å². The number of amides is 1. The van der Waals surface area contributed by atoms with Gasteiger partial charge in [-0.25, -0.2) is 0 Å². The van der Waals surface area contributed by atoms with Crippen molar-refractivity contribution in [1.29, 1.82) is 0 Å². The lowest BCUT2D eigenvalue weighted by molar-refractivity contribution is -0.402. The minimum Gasteiger partial charge on any atom is -0.395 e. The minimum atomic E-state index is -4.54. The van der Waals surface area contributed by atoms with E-state index in [4.69, 9.17) is 4.42 Å². The first kappa shape index (κ1) is 16.5. The van der Waals surface area contributed by atoms with Crippen molar-refractivity contribution in [3.63, 3.8) is 0 Å². The zero-order valence-electron chi connectivity index (χ0n) is 11.8. The van der Waals surface area contributed by atoms with E-state index < -0.39 is 28.5 Å². The average molecular weight is 328 g/mol. The second-order valence-corrected chi connectivity index (χ2v) is 4.71. The van der Waals surface area contributed by atoms with Crippen LogP contribution in [0.25, 0.3) is 0 Å². The topological polar surface area (TPSA) is 76.6 Å². The number of halogens is 3. The molecule has 0 saturated carbocycles. The average Bonchev–Trinajstić information content (AvgIpc) is 2.95. The Bertz CT molecular complexity index is 740. The number of carbonyl (C=O) groups excluding carboxylic acids is 1. The third-order valence-electron chi connectivity index (χ3n) is 3.06. The molecule has 0 aliphatic carbocycles. The number of alkyl halides is 3. The molecule has 23 heavy (non-hydrogen) atoms. The summed E-state index contributed by atoms with van der Waals surface area (Å²) in [4.78, 5) is 22.8. The highest BCUT2D eigenvalue weighted by atomic mass is 19.4. The van der Waals surface area contributed by atoms with Gasteiger partial charge in [0.25, 0.3) is 5.91 Å². The zero-order valence-corrected chi connectivity index (χ0v) is 11.8. The Morgan fingerprint density at radius 1 is 1.26 bits per heavy atom. The quantitative estimate of drug-likeness (QED) is 0.636. The lowest BCUT2D eigenvalue weighted by Gasteiger charge is -2.19. The molecule has 1 heterocycles. The molecule has 0 fully saturated rings. The van der Waals surface area contributed by atoms with Crippen LogP contribution in [0.15, 0.2) is 40.8 Å². The summed E-state index contributed by atoms with van der Waals surface area (Å²) < 4.78 is 43.5. The molecule has 0 N–H and O–H groups in total. The standard InChI is InChI=1S/C14H11F3N2O4/c1-18(13(20)11-6-7-12(23-11)19(21)22)8-9-4-2-3-5-10(9)14(15,16)17/h2-7H,8H2,1H3. The largest absolute Gasteiger partial charge is 0.433 e. The minimum absolute atomic E-state index is 0.0862. The van der Waals surface area contributed by atoms with Gasteiger partial charge < -0.3 is 9.32 Å². The number of carbonyl (C=O) groups is 1. The first-order valence-corrected chi connectivity index (χ1v) is 6.35. The summed E-state index contributed by atoms with van der Waals surface area (Å²) in [6, 6.07) is 6.98. The Morgan fingerprint density at radius 3 is 2.48 bits per heavy atom. The number of furan rings is 1. The molecule has 0 bridgehead atoms. The fourth-order valence-electron chi connectivity index (χ4n) is 1.99. The van der Waals surface area contributed by atoms with Crippen LogP contribution in [0.5, 0.6) is 0 Å². The van der Waals surface area contributed by atoms with Gasteiger partial charge in [0, 0.05) is 13.6 Å². The maximum absolute atomic E-state index is 12.9. The lowest BCUT2D eigenvalue weighted by Crippen LogP contribution is -2.27. The van der Waals surface area contributed by atoms with E-state index in [1.807, 2.05) is 0 Å². The number of nitro groups is 1. The van der Waals surface area contributed by atoms with Crippen molar-refractivity contribution in [2.45, 2.75) is 12.7 Å². The van der Waals surface area contributed by atoms with Crippen LogP contribution in [0.4, 0.5) is 19.1 Å². The molecule has 9 heteroatoms. The Kier molecular flexibility index (Phi) is 4.39. The van der Waals surface area contributed by atoms with E-state index >= 15 is 0 Å². The van der Waals surface area contributed by atoms with E-state index in [0.717, 1.165) is 23.1 Å². The summed E-state index contributed by atoms with van der Waals surface area (Å²) in [5.74, 6) is -1.68. The second-order valence-electron chi connectivity index (χ2n) is 4.71. The summed E-state index contributed by atoms with van der Waals surface area (Å²) in [6.45, 7) is -0.316. The van der Waals surface area contributed by atoms with Gasteiger partial charge in [-0.3, -0.25) is 14.9 Å². The number of hydrogen-bond donors (Lipinski definition) is 0. The Morgan fingerprint density at radius 2 is 1.91 bits per heavy atom. The van der Waals surface area contributed by atoms with Gasteiger partial charge in [0.05, 0.1) is 11.6 Å². The van der Waals surface area contributed by atoms with E-state index in [0.29, 0.717) is 0 Å². The number of nitrogens with zero attached hydrogens (tertiary/aromatic N) is 2. The third-order valence-corrected chi connectivity index (χ3v) is 3.06. The molecule has 6 nitrogen and oxygen atoms in total. The summed E-state index contributed by atoms with van der Waals surface area (Å²) >= 11 is 0. The molecule has 1 aromatic heterocycles. The molecule has 0 unspecified atom stereocenters. The van der Waals surface area contributed by atoms with Crippen molar-refractivity contribution in [2.24, 2.45) is 0 Å². The molecule has 1 aromatic carbocycles. The van der Waals surface area contributed by atoms with E-state index in [-0.39, 0.29) is 17.9 Å². The Hall–Kier alpha value is -2.84. The van der Waals surface area contributed by atoms with Crippen LogP contribution in [0, 0.1) is 10.1 Å². The smallest absolute Gasteiger partial charge is 0.395 e. The van der Waals surface area contributed by atoms with Gasteiger partial charge in [0.1, 0.15) is 4.92 Å². The highest BCUT2D eigenvalue weighted by Crippen LogP contribution is 2.32. The second kappa shape index (κ2) is 6.11. The summed E-state index contributed by atoms with van der Waals surface area (Å²) in [5, 5.41) is 10.5. The molecule has 2 rings (SSSR count). The molecular weight excluding hydrogens is 317 g/mol. The summed E-state index contributed by atoms with van der Waals surface area (Å²) in [6.07, 6.45) is -4.54. The number of hydrogen-bond acceptors (Lipinski definition) is 4. The van der Waals surface area contributed by atoms with E-state index in [9.17, 15) is 28.1 Å². The molecule has 0 saturated heterocycles. The molecule has 0 atom stereocenters. The molecule has 1 amide bonds. The molecule has 2 aromatic rings. The van der Waals surface area contributed by atoms with Crippen molar-refractivity contribution in [3.05, 3.63) is 63.4 Å². The number of benzene rings is 1. The molecule has 0 aliphatic heterocycles. The highest BCUT2D eigenvalue weighted by Gasteiger charge is 2.33. The molecule has 122 valence electrons. The SMILES string of the molecule is CN(Cc1ccccc1C(F)(F)F)C(=O)c1ccc([N+](=O)[O-])o1. The Balaban J connectivity index is 2.20. The fourth-order valence-corrected chi connectivity index (χ4v) is 1.99. The molecule has 0 aliphatic rings. The van der Waals surface area contributed by atoms with E-state index in [1.165, 1.54) is 25.2 Å². The van der Waals surface area contributed by atoms with Crippen LogP contribution >= 0.6 is 0 Å². The predicted molar refractivity (Wildman–Crippen MR) is 72.6 cm³/mol. The van der Waals surface area contributed by atoms with E-state index in [2.05, 4.69) is 0 Å². The summed E-state index contributed by atoms with van der Waals surface area (Å²) in [7, 11) is 1.28. The van der Waals surface area contributed by atoms with Crippen LogP contribution in [0.2, 0.25) is 0 Å². The number of rotatable bonds is 4. The fraction of sp³-hybridized carbons (Fsp3) is 0.214. The van der Waals surface area contributed by atoms with Crippen LogP contribution < -0.4 is 0 Å². The van der Waals surface area contributed by atoms with Crippen LogP contribution in [-0.2, 0) is 12.7 Å². The normalized spacial score (nSPS) is 11.3.